The second kappa shape index (κ2) is 9.26. The molecule has 30 heavy (non-hydrogen) atoms. The van der Waals surface area contributed by atoms with E-state index in [-0.39, 0.29) is 35.9 Å². The molecule has 1 heterocycles. The molecule has 0 saturated heterocycles. The molecule has 0 bridgehead atoms. The minimum absolute atomic E-state index is 0.0880. The van der Waals surface area contributed by atoms with Gasteiger partial charge in [-0.25, -0.2) is 0 Å². The zero-order valence-electron chi connectivity index (χ0n) is 17.3. The average molecular weight is 416 g/mol. The molecule has 0 aromatic heterocycles. The van der Waals surface area contributed by atoms with E-state index < -0.39 is 18.4 Å². The second-order valence-corrected chi connectivity index (χ2v) is 8.91. The summed E-state index contributed by atoms with van der Waals surface area (Å²) in [6.07, 6.45) is 3.48. The lowest BCUT2D eigenvalue weighted by molar-refractivity contribution is -0.499. The summed E-state index contributed by atoms with van der Waals surface area (Å²) in [6.45, 7) is 1.79. The normalized spacial score (nSPS) is 25.9. The van der Waals surface area contributed by atoms with E-state index in [2.05, 4.69) is 0 Å². The third-order valence-corrected chi connectivity index (χ3v) is 6.63. The van der Waals surface area contributed by atoms with Crippen molar-refractivity contribution in [3.05, 3.63) is 39.4 Å². The van der Waals surface area contributed by atoms with Crippen LogP contribution in [0.3, 0.4) is 0 Å². The molecule has 1 aromatic carbocycles. The summed E-state index contributed by atoms with van der Waals surface area (Å²) in [6, 6.07) is 5.24. The summed E-state index contributed by atoms with van der Waals surface area (Å²) in [5.41, 5.74) is 6.31. The van der Waals surface area contributed by atoms with E-state index in [4.69, 9.17) is 10.4 Å². The molecule has 0 unspecified atom stereocenters. The van der Waals surface area contributed by atoms with Crippen molar-refractivity contribution in [2.45, 2.75) is 57.7 Å². The van der Waals surface area contributed by atoms with Crippen molar-refractivity contribution in [2.75, 3.05) is 13.1 Å². The first-order chi connectivity index (χ1) is 14.2. The molecule has 0 spiro atoms. The molecule has 0 radical (unpaired) electrons. The molecule has 3 N–H and O–H groups in total. The summed E-state index contributed by atoms with van der Waals surface area (Å²) in [5, 5.41) is 21.7. The summed E-state index contributed by atoms with van der Waals surface area (Å²) >= 11 is 0. The molecule has 9 heteroatoms. The molecule has 1 aromatic rings. The molecule has 0 amide bonds. The fraction of sp³-hybridized carbons (Fsp3) is 0.619. The van der Waals surface area contributed by atoms with E-state index in [1.807, 2.05) is 6.07 Å². The van der Waals surface area contributed by atoms with Gasteiger partial charge < -0.3 is 15.4 Å². The van der Waals surface area contributed by atoms with Gasteiger partial charge >= 0.3 is 7.12 Å². The van der Waals surface area contributed by atoms with E-state index in [0.717, 1.165) is 18.4 Å². The van der Waals surface area contributed by atoms with Crippen molar-refractivity contribution in [3.63, 3.8) is 0 Å². The van der Waals surface area contributed by atoms with Gasteiger partial charge in [0, 0.05) is 29.0 Å². The van der Waals surface area contributed by atoms with Crippen LogP contribution in [0.2, 0.25) is 5.82 Å². The van der Waals surface area contributed by atoms with Gasteiger partial charge in [0.05, 0.1) is 5.56 Å². The maximum atomic E-state index is 12.9. The van der Waals surface area contributed by atoms with Crippen molar-refractivity contribution in [3.8, 4) is 5.75 Å². The Kier molecular flexibility index (Phi) is 6.93. The Morgan fingerprint density at radius 3 is 2.67 bits per heavy atom. The van der Waals surface area contributed by atoms with Gasteiger partial charge in [0.15, 0.2) is 5.78 Å². The number of nitro groups is 1. The lowest BCUT2D eigenvalue weighted by Crippen LogP contribution is -2.39. The highest BCUT2D eigenvalue weighted by Gasteiger charge is 2.43. The van der Waals surface area contributed by atoms with Crippen LogP contribution in [0.15, 0.2) is 18.2 Å². The van der Waals surface area contributed by atoms with Gasteiger partial charge in [0.1, 0.15) is 11.5 Å². The first-order valence-electron chi connectivity index (χ1n) is 10.5. The summed E-state index contributed by atoms with van der Waals surface area (Å²) in [5.74, 6) is 0.0529. The van der Waals surface area contributed by atoms with E-state index in [0.29, 0.717) is 43.0 Å². The Balaban J connectivity index is 1.68. The highest BCUT2D eigenvalue weighted by molar-refractivity contribution is 6.47. The van der Waals surface area contributed by atoms with Crippen LogP contribution in [-0.2, 0) is 11.2 Å². The number of fused-ring (bicyclic) bond motifs is 1. The highest BCUT2D eigenvalue weighted by atomic mass is 16.6. The van der Waals surface area contributed by atoms with Crippen LogP contribution < -0.4 is 10.4 Å². The Hall–Kier alpha value is -2.26. The maximum Gasteiger partial charge on any atom is 0.526 e. The van der Waals surface area contributed by atoms with Gasteiger partial charge in [-0.15, -0.1) is 0 Å². The van der Waals surface area contributed by atoms with Crippen LogP contribution in [0.4, 0.5) is 0 Å². The number of hydrogen-bond donors (Lipinski definition) is 2. The van der Waals surface area contributed by atoms with Crippen molar-refractivity contribution >= 4 is 18.7 Å². The number of Topliss-reactive ketones (excluding diaryl/α,β-unsaturated/α-hetero) is 2. The van der Waals surface area contributed by atoms with Crippen molar-refractivity contribution in [1.82, 2.24) is 0 Å². The van der Waals surface area contributed by atoms with Gasteiger partial charge in [0.2, 0.25) is 6.54 Å². The molecule has 1 aliphatic heterocycles. The van der Waals surface area contributed by atoms with Gasteiger partial charge in [-0.2, -0.15) is 0 Å². The summed E-state index contributed by atoms with van der Waals surface area (Å²) in [4.78, 5) is 35.6. The van der Waals surface area contributed by atoms with Crippen LogP contribution in [-0.4, -0.2) is 41.7 Å². The van der Waals surface area contributed by atoms with E-state index in [9.17, 15) is 24.7 Å². The van der Waals surface area contributed by atoms with Crippen molar-refractivity contribution < 1.29 is 24.2 Å². The molecule has 2 aliphatic rings. The van der Waals surface area contributed by atoms with Gasteiger partial charge in [0.25, 0.3) is 0 Å². The smallest absolute Gasteiger partial charge is 0.526 e. The molecular formula is C21H29BN2O6. The van der Waals surface area contributed by atoms with Crippen LogP contribution in [0, 0.1) is 21.4 Å². The minimum atomic E-state index is -1.19. The van der Waals surface area contributed by atoms with Crippen LogP contribution in [0.5, 0.6) is 5.75 Å². The maximum absolute atomic E-state index is 12.9. The van der Waals surface area contributed by atoms with E-state index in [1.54, 1.807) is 12.1 Å². The van der Waals surface area contributed by atoms with Crippen molar-refractivity contribution in [1.29, 1.82) is 0 Å². The molecular weight excluding hydrogens is 387 g/mol. The number of carbonyl (C=O) groups excluding carboxylic acids is 2. The molecule has 162 valence electrons. The molecule has 3 rings (SSSR count). The minimum Gasteiger partial charge on any atom is -0.535 e. The lowest BCUT2D eigenvalue weighted by Gasteiger charge is -2.37. The van der Waals surface area contributed by atoms with Gasteiger partial charge in [-0.1, -0.05) is 12.1 Å². The molecule has 8 nitrogen and oxygen atoms in total. The fourth-order valence-corrected chi connectivity index (χ4v) is 4.91. The predicted molar refractivity (Wildman–Crippen MR) is 112 cm³/mol. The quantitative estimate of drug-likeness (QED) is 0.288. The van der Waals surface area contributed by atoms with Crippen LogP contribution in [0.25, 0.3) is 0 Å². The standard InChI is InChI=1S/C21H29BN2O6/c1-14(25)19-4-2-3-16-9-17(22(27)30-20(16)19)10-18(26)11-21(13-24(28)29)7-5-15(12-23)6-8-21/h2-4,15,17,27H,5-13,23H2,1H3/t15?,17-,21?/m1/s1. The number of carbonyl (C=O) groups is 2. The molecule has 1 atom stereocenters. The number of para-hydroxylation sites is 1. The second-order valence-electron chi connectivity index (χ2n) is 8.91. The predicted octanol–water partition coefficient (Wildman–Crippen LogP) is 2.44. The Labute approximate surface area is 176 Å². The average Bonchev–Trinajstić information content (AvgIpc) is 2.68. The largest absolute Gasteiger partial charge is 0.535 e. The summed E-state index contributed by atoms with van der Waals surface area (Å²) < 4.78 is 5.61. The number of hydrogen-bond acceptors (Lipinski definition) is 7. The Morgan fingerprint density at radius 1 is 1.37 bits per heavy atom. The molecule has 1 aliphatic carbocycles. The monoisotopic (exact) mass is 416 g/mol. The van der Waals surface area contributed by atoms with E-state index in [1.165, 1.54) is 6.92 Å². The first-order valence-corrected chi connectivity index (χ1v) is 10.5. The van der Waals surface area contributed by atoms with E-state index >= 15 is 0 Å². The first kappa shape index (κ1) is 22.4. The Morgan fingerprint density at radius 2 is 2.07 bits per heavy atom. The summed E-state index contributed by atoms with van der Waals surface area (Å²) in [7, 11) is -1.19. The SMILES string of the molecule is CC(=O)c1cccc2c1OB(O)[C@@H](CC(=O)CC1(C[N+](=O)[O-])CCC(CN)CC1)C2. The number of nitrogens with two attached hydrogens (primary N) is 1. The Bertz CT molecular complexity index is 822. The van der Waals surface area contributed by atoms with Crippen molar-refractivity contribution in [2.24, 2.45) is 17.1 Å². The number of nitrogens with zero attached hydrogens (tertiary/aromatic N) is 1. The third-order valence-electron chi connectivity index (χ3n) is 6.63. The van der Waals surface area contributed by atoms with Crippen LogP contribution in [0.1, 0.15) is 61.4 Å². The van der Waals surface area contributed by atoms with Gasteiger partial charge in [-0.05, 0) is 63.1 Å². The number of benzene rings is 1. The lowest BCUT2D eigenvalue weighted by atomic mass is 9.62. The van der Waals surface area contributed by atoms with Crippen LogP contribution >= 0.6 is 0 Å². The highest BCUT2D eigenvalue weighted by Crippen LogP contribution is 2.43. The third kappa shape index (κ3) is 5.07. The number of ketones is 2. The molecule has 1 fully saturated rings. The van der Waals surface area contributed by atoms with Gasteiger partial charge in [-0.3, -0.25) is 19.7 Å². The fourth-order valence-electron chi connectivity index (χ4n) is 4.91. The zero-order chi connectivity index (χ0) is 21.9. The topological polar surface area (TPSA) is 133 Å². The number of rotatable bonds is 8. The molecule has 1 saturated carbocycles. The zero-order valence-corrected chi connectivity index (χ0v) is 17.3.